The molecule has 1 unspecified atom stereocenters. The first kappa shape index (κ1) is 29.6. The summed E-state index contributed by atoms with van der Waals surface area (Å²) in [5, 5.41) is 33.8. The summed E-state index contributed by atoms with van der Waals surface area (Å²) in [7, 11) is 0. The van der Waals surface area contributed by atoms with Crippen LogP contribution in [-0.4, -0.2) is 83.8 Å². The maximum atomic E-state index is 13.0. The minimum atomic E-state index is -1.46. The number of benzene rings is 1. The summed E-state index contributed by atoms with van der Waals surface area (Å²) >= 11 is 2.56. The van der Waals surface area contributed by atoms with Crippen molar-refractivity contribution < 1.29 is 34.1 Å². The number of β-lactam (4-membered cyclic amide) rings is 1. The van der Waals surface area contributed by atoms with Crippen molar-refractivity contribution in [1.82, 2.24) is 25.6 Å². The Bertz CT molecular complexity index is 1310. The third-order valence-electron chi connectivity index (χ3n) is 7.14. The number of esters is 1. The molecule has 2 aliphatic rings. The average molecular weight is 590 g/mol. The van der Waals surface area contributed by atoms with Crippen LogP contribution in [0.1, 0.15) is 51.0 Å². The first-order valence-electron chi connectivity index (χ1n) is 12.8. The molecule has 0 radical (unpaired) electrons. The molecule has 1 aromatic carbocycles. The molecule has 40 heavy (non-hydrogen) atoms. The maximum Gasteiger partial charge on any atom is 0.352 e. The molecule has 0 spiro atoms. The molecule has 14 heteroatoms. The Labute approximate surface area is 239 Å². The van der Waals surface area contributed by atoms with Crippen molar-refractivity contribution in [2.45, 2.75) is 61.6 Å². The van der Waals surface area contributed by atoms with Gasteiger partial charge in [0, 0.05) is 11.5 Å². The highest BCUT2D eigenvalue weighted by atomic mass is 32.2. The van der Waals surface area contributed by atoms with Crippen molar-refractivity contribution in [3.63, 3.8) is 0 Å². The first-order chi connectivity index (χ1) is 19.2. The average Bonchev–Trinajstić information content (AvgIpc) is 3.44. The molecule has 1 aromatic heterocycles. The molecule has 2 aliphatic heterocycles. The van der Waals surface area contributed by atoms with Crippen LogP contribution >= 0.6 is 23.5 Å². The zero-order valence-corrected chi connectivity index (χ0v) is 23.9. The molecule has 2 amide bonds. The van der Waals surface area contributed by atoms with Gasteiger partial charge in [0.05, 0.1) is 6.61 Å². The Morgan fingerprint density at radius 3 is 2.55 bits per heavy atom. The fourth-order valence-electron chi connectivity index (χ4n) is 4.84. The smallest absolute Gasteiger partial charge is 0.352 e. The number of fused-ring (bicyclic) bond motifs is 1. The van der Waals surface area contributed by atoms with E-state index in [0.29, 0.717) is 40.5 Å². The lowest BCUT2D eigenvalue weighted by molar-refractivity contribution is -0.151. The van der Waals surface area contributed by atoms with Crippen molar-refractivity contribution in [3.8, 4) is 0 Å². The lowest BCUT2D eigenvalue weighted by atomic mass is 9.79. The highest BCUT2D eigenvalue weighted by molar-refractivity contribution is 8.01. The van der Waals surface area contributed by atoms with Crippen molar-refractivity contribution in [1.29, 1.82) is 0 Å². The number of aliphatic hydroxyl groups excluding tert-OH is 1. The van der Waals surface area contributed by atoms with Crippen molar-refractivity contribution in [2.24, 2.45) is 0 Å². The summed E-state index contributed by atoms with van der Waals surface area (Å²) in [4.78, 5) is 52.0. The topological polar surface area (TPSA) is 175 Å². The Morgan fingerprint density at radius 2 is 1.93 bits per heavy atom. The molecular formula is C26H31N5O7S2. The number of H-pyrrole nitrogens is 1. The number of hydrogen-bond donors (Lipinski definition) is 4. The monoisotopic (exact) mass is 589 g/mol. The van der Waals surface area contributed by atoms with Crippen LogP contribution in [-0.2, 0) is 29.3 Å². The summed E-state index contributed by atoms with van der Waals surface area (Å²) in [6.07, 6.45) is -0.572. The molecule has 0 bridgehead atoms. The number of aromatic amines is 1. The van der Waals surface area contributed by atoms with E-state index in [0.717, 1.165) is 0 Å². The second-order valence-corrected chi connectivity index (χ2v) is 11.3. The van der Waals surface area contributed by atoms with Gasteiger partial charge in [0.1, 0.15) is 33.2 Å². The van der Waals surface area contributed by atoms with Gasteiger partial charge in [0.15, 0.2) is 6.10 Å². The van der Waals surface area contributed by atoms with E-state index in [2.05, 4.69) is 20.7 Å². The Balaban J connectivity index is 1.50. The SMILES string of the molecule is CCOC(=O)C(CC)(CC)c1n[nH]nc1SCC1=C(C(=O)O)N2C(=O)C(NC(=O)[C@H](O)c3ccccc3)[C@H]2SC1. The van der Waals surface area contributed by atoms with E-state index in [1.54, 1.807) is 37.3 Å². The third kappa shape index (κ3) is 5.34. The molecule has 1 fully saturated rings. The molecule has 2 aromatic rings. The van der Waals surface area contributed by atoms with Gasteiger partial charge in [-0.05, 0) is 30.9 Å². The number of aromatic nitrogens is 3. The molecule has 4 N–H and O–H groups in total. The second-order valence-electron chi connectivity index (χ2n) is 9.24. The van der Waals surface area contributed by atoms with Gasteiger partial charge in [-0.3, -0.25) is 19.3 Å². The number of ether oxygens (including phenoxy) is 1. The normalized spacial score (nSPS) is 19.5. The van der Waals surface area contributed by atoms with E-state index in [1.807, 2.05) is 13.8 Å². The summed E-state index contributed by atoms with van der Waals surface area (Å²) in [6.45, 7) is 5.70. The van der Waals surface area contributed by atoms with Crippen molar-refractivity contribution in [2.75, 3.05) is 18.1 Å². The van der Waals surface area contributed by atoms with Crippen LogP contribution in [0, 0.1) is 0 Å². The summed E-state index contributed by atoms with van der Waals surface area (Å²) in [5.74, 6) is -2.45. The number of carboxylic acid groups (broad SMARTS) is 1. The number of carbonyl (C=O) groups is 4. The number of hydrogen-bond acceptors (Lipinski definition) is 10. The summed E-state index contributed by atoms with van der Waals surface area (Å²) < 4.78 is 5.32. The minimum Gasteiger partial charge on any atom is -0.477 e. The fraction of sp³-hybridized carbons (Fsp3) is 0.462. The van der Waals surface area contributed by atoms with Crippen LogP contribution in [0.5, 0.6) is 0 Å². The molecule has 1 saturated heterocycles. The second kappa shape index (κ2) is 12.4. The molecule has 3 atom stereocenters. The summed E-state index contributed by atoms with van der Waals surface area (Å²) in [6, 6.07) is 7.37. The van der Waals surface area contributed by atoms with Gasteiger partial charge in [-0.2, -0.15) is 10.3 Å². The number of aliphatic carboxylic acids is 1. The number of aliphatic hydroxyl groups is 1. The molecule has 0 aliphatic carbocycles. The standard InChI is InChI=1S/C26H31N5O7S2/c1-4-26(5-2,25(37)38-6-3)19-21(29-30-28-19)39-12-15-13-40-23-16(22(34)31(23)17(15)24(35)36)27-20(33)18(32)14-10-8-7-9-11-14/h7-11,16,18,23,32H,4-6,12-13H2,1-3H3,(H,27,33)(H,35,36)(H,28,29,30)/t16?,18-,23-/m1/s1. The van der Waals surface area contributed by atoms with E-state index in [4.69, 9.17) is 4.74 Å². The lowest BCUT2D eigenvalue weighted by Crippen LogP contribution is -2.70. The molecule has 12 nitrogen and oxygen atoms in total. The molecule has 214 valence electrons. The summed E-state index contributed by atoms with van der Waals surface area (Å²) in [5.41, 5.74) is 0.202. The van der Waals surface area contributed by atoms with Crippen molar-refractivity contribution in [3.05, 3.63) is 52.9 Å². The van der Waals surface area contributed by atoms with Gasteiger partial charge in [-0.1, -0.05) is 55.9 Å². The van der Waals surface area contributed by atoms with E-state index in [9.17, 15) is 29.4 Å². The van der Waals surface area contributed by atoms with Gasteiger partial charge in [0.25, 0.3) is 11.8 Å². The molecule has 4 rings (SSSR count). The Kier molecular flexibility index (Phi) is 9.21. The van der Waals surface area contributed by atoms with Gasteiger partial charge in [0.2, 0.25) is 0 Å². The van der Waals surface area contributed by atoms with E-state index in [-0.39, 0.29) is 18.1 Å². The highest BCUT2D eigenvalue weighted by Crippen LogP contribution is 2.43. The lowest BCUT2D eigenvalue weighted by Gasteiger charge is -2.49. The minimum absolute atomic E-state index is 0.136. The van der Waals surface area contributed by atoms with Gasteiger partial charge < -0.3 is 20.3 Å². The largest absolute Gasteiger partial charge is 0.477 e. The Morgan fingerprint density at radius 1 is 1.23 bits per heavy atom. The highest BCUT2D eigenvalue weighted by Gasteiger charge is 2.54. The third-order valence-corrected chi connectivity index (χ3v) is 9.53. The number of thioether (sulfide) groups is 2. The van der Waals surface area contributed by atoms with Gasteiger partial charge in [-0.25, -0.2) is 4.79 Å². The van der Waals surface area contributed by atoms with Gasteiger partial charge >= 0.3 is 11.9 Å². The van der Waals surface area contributed by atoms with E-state index in [1.165, 1.54) is 28.4 Å². The number of amides is 2. The maximum absolute atomic E-state index is 13.0. The number of carboxylic acids is 1. The zero-order valence-electron chi connectivity index (χ0n) is 22.2. The molecular weight excluding hydrogens is 558 g/mol. The van der Waals surface area contributed by atoms with Crippen LogP contribution < -0.4 is 5.32 Å². The van der Waals surface area contributed by atoms with Gasteiger partial charge in [-0.15, -0.1) is 16.9 Å². The zero-order chi connectivity index (χ0) is 29.0. The van der Waals surface area contributed by atoms with Crippen LogP contribution in [0.3, 0.4) is 0 Å². The molecule has 3 heterocycles. The fourth-order valence-corrected chi connectivity index (χ4v) is 7.35. The van der Waals surface area contributed by atoms with Crippen molar-refractivity contribution >= 4 is 47.3 Å². The van der Waals surface area contributed by atoms with E-state index < -0.39 is 46.7 Å². The van der Waals surface area contributed by atoms with Crippen LogP contribution in [0.25, 0.3) is 0 Å². The predicted octanol–water partition coefficient (Wildman–Crippen LogP) is 1.99. The van der Waals surface area contributed by atoms with Crippen LogP contribution in [0.4, 0.5) is 0 Å². The quantitative estimate of drug-likeness (QED) is 0.162. The van der Waals surface area contributed by atoms with E-state index >= 15 is 0 Å². The number of carbonyl (C=O) groups excluding carboxylic acids is 3. The number of nitrogens with zero attached hydrogens (tertiary/aromatic N) is 3. The predicted molar refractivity (Wildman–Crippen MR) is 147 cm³/mol. The number of nitrogens with one attached hydrogen (secondary N) is 2. The van der Waals surface area contributed by atoms with Crippen LogP contribution in [0.2, 0.25) is 0 Å². The molecule has 0 saturated carbocycles. The number of rotatable bonds is 12. The van der Waals surface area contributed by atoms with Crippen LogP contribution in [0.15, 0.2) is 46.6 Å². The first-order valence-corrected chi connectivity index (χ1v) is 14.9. The Hall–Kier alpha value is -3.36.